The summed E-state index contributed by atoms with van der Waals surface area (Å²) in [7, 11) is 0. The molecule has 116 valence electrons. The molecule has 0 spiro atoms. The average molecular weight is 298 g/mol. The molecule has 0 aliphatic heterocycles. The van der Waals surface area contributed by atoms with Gasteiger partial charge in [-0.1, -0.05) is 0 Å². The van der Waals surface area contributed by atoms with Gasteiger partial charge in [-0.3, -0.25) is 14.7 Å². The number of aryl methyl sites for hydroxylation is 2. The van der Waals surface area contributed by atoms with E-state index in [1.165, 1.54) is 0 Å². The minimum atomic E-state index is -1.26. The maximum atomic E-state index is 11.7. The molecule has 21 heavy (non-hydrogen) atoms. The summed E-state index contributed by atoms with van der Waals surface area (Å²) in [4.78, 5) is 33.6. The van der Waals surface area contributed by atoms with Crippen molar-refractivity contribution in [1.82, 2.24) is 20.4 Å². The number of carboxylic acids is 2. The van der Waals surface area contributed by atoms with Crippen LogP contribution in [-0.2, 0) is 16.0 Å². The molecule has 0 unspecified atom stereocenters. The molecule has 1 aromatic rings. The number of aromatic nitrogens is 2. The van der Waals surface area contributed by atoms with Crippen LogP contribution in [0.4, 0.5) is 4.79 Å². The van der Waals surface area contributed by atoms with Crippen molar-refractivity contribution in [2.45, 2.75) is 19.8 Å². The highest BCUT2D eigenvalue weighted by atomic mass is 16.4. The van der Waals surface area contributed by atoms with Crippen LogP contribution in [0.25, 0.3) is 0 Å². The molecule has 0 fully saturated rings. The first-order valence-electron chi connectivity index (χ1n) is 6.35. The molecule has 0 atom stereocenters. The number of rotatable bonds is 8. The number of carboxylic acid groups (broad SMARTS) is 2. The highest BCUT2D eigenvalue weighted by molar-refractivity contribution is 5.84. The number of nitrogens with zero attached hydrogens (tertiary/aromatic N) is 2. The van der Waals surface area contributed by atoms with E-state index in [2.05, 4.69) is 15.5 Å². The van der Waals surface area contributed by atoms with Crippen molar-refractivity contribution in [3.8, 4) is 0 Å². The lowest BCUT2D eigenvalue weighted by Gasteiger charge is -2.18. The van der Waals surface area contributed by atoms with E-state index in [0.717, 1.165) is 16.2 Å². The Balaban J connectivity index is 2.37. The largest absolute Gasteiger partial charge is 0.480 e. The Hall–Kier alpha value is -2.58. The van der Waals surface area contributed by atoms with Gasteiger partial charge in [0.25, 0.3) is 0 Å². The maximum Gasteiger partial charge on any atom is 0.323 e. The first-order valence-corrected chi connectivity index (χ1v) is 6.35. The predicted molar refractivity (Wildman–Crippen MR) is 71.9 cm³/mol. The van der Waals surface area contributed by atoms with Crippen LogP contribution in [0.1, 0.15) is 17.7 Å². The van der Waals surface area contributed by atoms with Gasteiger partial charge in [0.05, 0.1) is 6.20 Å². The van der Waals surface area contributed by atoms with Crippen LogP contribution in [0.15, 0.2) is 6.20 Å². The lowest BCUT2D eigenvalue weighted by atomic mass is 10.1. The summed E-state index contributed by atoms with van der Waals surface area (Å²) >= 11 is 0. The second kappa shape index (κ2) is 7.88. The van der Waals surface area contributed by atoms with E-state index in [1.54, 1.807) is 6.20 Å². The monoisotopic (exact) mass is 298 g/mol. The van der Waals surface area contributed by atoms with E-state index in [4.69, 9.17) is 10.2 Å². The molecule has 0 aliphatic rings. The number of aliphatic carboxylic acids is 2. The fourth-order valence-electron chi connectivity index (χ4n) is 1.74. The Labute approximate surface area is 120 Å². The van der Waals surface area contributed by atoms with Crippen molar-refractivity contribution >= 4 is 18.0 Å². The van der Waals surface area contributed by atoms with Gasteiger partial charge in [0.1, 0.15) is 13.1 Å². The fourth-order valence-corrected chi connectivity index (χ4v) is 1.74. The predicted octanol–water partition coefficient (Wildman–Crippen LogP) is -0.168. The molecule has 9 nitrogen and oxygen atoms in total. The number of H-pyrrole nitrogens is 1. The number of amides is 2. The van der Waals surface area contributed by atoms with Crippen molar-refractivity contribution in [2.24, 2.45) is 0 Å². The number of carbonyl (C=O) groups excluding carboxylic acids is 1. The summed E-state index contributed by atoms with van der Waals surface area (Å²) in [5, 5.41) is 26.5. The molecule has 0 saturated carbocycles. The second-order valence-electron chi connectivity index (χ2n) is 4.50. The summed E-state index contributed by atoms with van der Waals surface area (Å²) in [5.41, 5.74) is 2.00. The number of urea groups is 1. The van der Waals surface area contributed by atoms with Crippen LogP contribution in [0.3, 0.4) is 0 Å². The van der Waals surface area contributed by atoms with Crippen LogP contribution >= 0.6 is 0 Å². The van der Waals surface area contributed by atoms with Crippen molar-refractivity contribution in [3.05, 3.63) is 17.5 Å². The van der Waals surface area contributed by atoms with E-state index in [9.17, 15) is 14.4 Å². The number of carbonyl (C=O) groups is 3. The van der Waals surface area contributed by atoms with E-state index in [-0.39, 0.29) is 0 Å². The SMILES string of the molecule is Cc1[nH]ncc1CCCNC(=O)N(CC(=O)O)CC(=O)O. The second-order valence-corrected chi connectivity index (χ2v) is 4.50. The lowest BCUT2D eigenvalue weighted by molar-refractivity contribution is -0.140. The van der Waals surface area contributed by atoms with Gasteiger partial charge in [-0.2, -0.15) is 5.10 Å². The number of hydrogen-bond donors (Lipinski definition) is 4. The molecule has 2 amide bonds. The number of nitrogens with one attached hydrogen (secondary N) is 2. The summed E-state index contributed by atoms with van der Waals surface area (Å²) < 4.78 is 0. The molecule has 9 heteroatoms. The van der Waals surface area contributed by atoms with Gasteiger partial charge in [0.2, 0.25) is 0 Å². The van der Waals surface area contributed by atoms with Crippen molar-refractivity contribution in [1.29, 1.82) is 0 Å². The smallest absolute Gasteiger partial charge is 0.323 e. The number of hydrogen-bond acceptors (Lipinski definition) is 4. The highest BCUT2D eigenvalue weighted by Crippen LogP contribution is 2.05. The first-order chi connectivity index (χ1) is 9.90. The quantitative estimate of drug-likeness (QED) is 0.492. The average Bonchev–Trinajstić information content (AvgIpc) is 2.78. The lowest BCUT2D eigenvalue weighted by Crippen LogP contribution is -2.45. The van der Waals surface area contributed by atoms with Crippen LogP contribution in [0.5, 0.6) is 0 Å². The molecule has 0 aromatic carbocycles. The van der Waals surface area contributed by atoms with Gasteiger partial charge in [0, 0.05) is 12.2 Å². The summed E-state index contributed by atoms with van der Waals surface area (Å²) in [6.45, 7) is 0.902. The van der Waals surface area contributed by atoms with Gasteiger partial charge in [-0.15, -0.1) is 0 Å². The molecular weight excluding hydrogens is 280 g/mol. The molecule has 4 N–H and O–H groups in total. The van der Waals surface area contributed by atoms with Gasteiger partial charge in [0.15, 0.2) is 0 Å². The summed E-state index contributed by atoms with van der Waals surface area (Å²) in [5.74, 6) is -2.53. The first kappa shape index (κ1) is 16.5. The highest BCUT2D eigenvalue weighted by Gasteiger charge is 2.19. The molecule has 0 bridgehead atoms. The van der Waals surface area contributed by atoms with E-state index >= 15 is 0 Å². The van der Waals surface area contributed by atoms with E-state index in [0.29, 0.717) is 19.4 Å². The van der Waals surface area contributed by atoms with E-state index < -0.39 is 31.1 Å². The molecule has 0 radical (unpaired) electrons. The molecule has 0 aliphatic carbocycles. The van der Waals surface area contributed by atoms with Crippen molar-refractivity contribution in [2.75, 3.05) is 19.6 Å². The van der Waals surface area contributed by atoms with Gasteiger partial charge in [-0.05, 0) is 25.3 Å². The zero-order chi connectivity index (χ0) is 15.8. The molecule has 1 aromatic heterocycles. The third kappa shape index (κ3) is 5.93. The standard InChI is InChI=1S/C12H18N4O5/c1-8-9(5-14-15-8)3-2-4-13-12(21)16(6-10(17)18)7-11(19)20/h5H,2-4,6-7H2,1H3,(H,13,21)(H,14,15)(H,17,18)(H,19,20). The summed E-state index contributed by atoms with van der Waals surface area (Å²) in [6.07, 6.45) is 3.05. The Kier molecular flexibility index (Phi) is 6.18. The Morgan fingerprint density at radius 3 is 2.38 bits per heavy atom. The van der Waals surface area contributed by atoms with Crippen molar-refractivity contribution in [3.63, 3.8) is 0 Å². The van der Waals surface area contributed by atoms with Crippen LogP contribution in [-0.4, -0.2) is 62.9 Å². The Morgan fingerprint density at radius 2 is 1.90 bits per heavy atom. The molecule has 0 saturated heterocycles. The van der Waals surface area contributed by atoms with Crippen LogP contribution in [0, 0.1) is 6.92 Å². The minimum absolute atomic E-state index is 0.319. The Morgan fingerprint density at radius 1 is 1.29 bits per heavy atom. The van der Waals surface area contributed by atoms with Gasteiger partial charge >= 0.3 is 18.0 Å². The minimum Gasteiger partial charge on any atom is -0.480 e. The normalized spacial score (nSPS) is 10.1. The third-order valence-corrected chi connectivity index (χ3v) is 2.77. The van der Waals surface area contributed by atoms with Gasteiger partial charge < -0.3 is 20.4 Å². The zero-order valence-corrected chi connectivity index (χ0v) is 11.6. The molecule has 1 heterocycles. The molecular formula is C12H18N4O5. The number of aromatic amines is 1. The fraction of sp³-hybridized carbons (Fsp3) is 0.500. The van der Waals surface area contributed by atoms with Crippen molar-refractivity contribution < 1.29 is 24.6 Å². The van der Waals surface area contributed by atoms with Crippen LogP contribution in [0.2, 0.25) is 0 Å². The zero-order valence-electron chi connectivity index (χ0n) is 11.6. The summed E-state index contributed by atoms with van der Waals surface area (Å²) in [6, 6.07) is -0.705. The Bertz CT molecular complexity index is 498. The molecule has 1 rings (SSSR count). The van der Waals surface area contributed by atoms with Gasteiger partial charge in [-0.25, -0.2) is 4.79 Å². The topological polar surface area (TPSA) is 136 Å². The maximum absolute atomic E-state index is 11.7. The third-order valence-electron chi connectivity index (χ3n) is 2.77. The van der Waals surface area contributed by atoms with E-state index in [1.807, 2.05) is 6.92 Å². The van der Waals surface area contributed by atoms with Crippen LogP contribution < -0.4 is 5.32 Å².